The summed E-state index contributed by atoms with van der Waals surface area (Å²) >= 11 is 0. The lowest BCUT2D eigenvalue weighted by molar-refractivity contribution is -0.210. The maximum atomic E-state index is 13.4. The number of alkyl halides is 3. The lowest BCUT2D eigenvalue weighted by atomic mass is 9.91. The van der Waals surface area contributed by atoms with Crippen LogP contribution < -0.4 is 16.0 Å². The number of carbonyl (C=O) groups excluding carboxylic acids is 2. The monoisotopic (exact) mass is 691 g/mol. The first-order valence-electron chi connectivity index (χ1n) is 16.0. The minimum atomic E-state index is -5.27. The van der Waals surface area contributed by atoms with Crippen molar-refractivity contribution in [1.82, 2.24) is 34.6 Å². The molecule has 1 fully saturated rings. The number of hydrogen-bond donors (Lipinski definition) is 4. The lowest BCUT2D eigenvalue weighted by Gasteiger charge is -2.25. The van der Waals surface area contributed by atoms with Gasteiger partial charge in [-0.3, -0.25) is 14.0 Å². The molecule has 0 saturated heterocycles. The van der Waals surface area contributed by atoms with E-state index in [1.54, 1.807) is 17.7 Å². The summed E-state index contributed by atoms with van der Waals surface area (Å²) in [7, 11) is 0. The smallest absolute Gasteiger partial charge is 0.451 e. The SMILES string of the molecule is CC(=O)NCCNc1ncc2nc(NCC(c3ccccc3)c3ccccc3)n([C@@H]3C[C@H](n4cc(C)cn4)[C@@H](OC(=O)C(F)(F)F)[C@H]3O)c2n1. The van der Waals surface area contributed by atoms with E-state index in [1.165, 1.54) is 24.0 Å². The number of fused-ring (bicyclic) bond motifs is 1. The van der Waals surface area contributed by atoms with Crippen LogP contribution in [0.25, 0.3) is 11.2 Å². The van der Waals surface area contributed by atoms with Crippen molar-refractivity contribution >= 4 is 34.9 Å². The third-order valence-electron chi connectivity index (χ3n) is 8.55. The molecule has 0 radical (unpaired) electrons. The van der Waals surface area contributed by atoms with Crippen molar-refractivity contribution in [1.29, 1.82) is 0 Å². The third kappa shape index (κ3) is 7.54. The van der Waals surface area contributed by atoms with Gasteiger partial charge in [0.1, 0.15) is 11.6 Å². The molecule has 262 valence electrons. The summed E-state index contributed by atoms with van der Waals surface area (Å²) in [5.41, 5.74) is 3.44. The highest BCUT2D eigenvalue weighted by Gasteiger charge is 2.52. The summed E-state index contributed by atoms with van der Waals surface area (Å²) in [5.74, 6) is -2.25. The molecule has 16 heteroatoms. The van der Waals surface area contributed by atoms with Crippen molar-refractivity contribution in [3.8, 4) is 0 Å². The van der Waals surface area contributed by atoms with Crippen LogP contribution in [0.4, 0.5) is 25.1 Å². The fourth-order valence-corrected chi connectivity index (χ4v) is 6.26. The lowest BCUT2D eigenvalue weighted by Crippen LogP contribution is -2.39. The number of nitrogens with zero attached hydrogens (tertiary/aromatic N) is 6. The summed E-state index contributed by atoms with van der Waals surface area (Å²) in [5, 5.41) is 25.1. The van der Waals surface area contributed by atoms with Gasteiger partial charge in [-0.15, -0.1) is 0 Å². The van der Waals surface area contributed by atoms with Crippen LogP contribution in [0, 0.1) is 6.92 Å². The second-order valence-corrected chi connectivity index (χ2v) is 12.1. The average molecular weight is 692 g/mol. The van der Waals surface area contributed by atoms with Crippen molar-refractivity contribution in [3.05, 3.63) is 95.9 Å². The van der Waals surface area contributed by atoms with E-state index in [0.717, 1.165) is 16.7 Å². The quantitative estimate of drug-likeness (QED) is 0.111. The van der Waals surface area contributed by atoms with Crippen molar-refractivity contribution in [2.45, 2.75) is 56.7 Å². The second-order valence-electron chi connectivity index (χ2n) is 12.1. The molecule has 4 N–H and O–H groups in total. The van der Waals surface area contributed by atoms with Crippen LogP contribution in [0.1, 0.15) is 48.0 Å². The highest BCUT2D eigenvalue weighted by Crippen LogP contribution is 2.43. The normalized spacial score (nSPS) is 19.1. The van der Waals surface area contributed by atoms with Gasteiger partial charge in [-0.25, -0.2) is 14.8 Å². The fourth-order valence-electron chi connectivity index (χ4n) is 6.26. The number of aliphatic hydroxyl groups excluding tert-OH is 1. The first-order valence-corrected chi connectivity index (χ1v) is 16.0. The van der Waals surface area contributed by atoms with Crippen molar-refractivity contribution < 1.29 is 32.6 Å². The van der Waals surface area contributed by atoms with Gasteiger partial charge in [-0.1, -0.05) is 60.7 Å². The Morgan fingerprint density at radius 2 is 1.66 bits per heavy atom. The number of ether oxygens (including phenoxy) is 1. The third-order valence-corrected chi connectivity index (χ3v) is 8.55. The van der Waals surface area contributed by atoms with Gasteiger partial charge in [0.05, 0.1) is 24.5 Å². The minimum absolute atomic E-state index is 0.0221. The van der Waals surface area contributed by atoms with E-state index in [9.17, 15) is 27.9 Å². The van der Waals surface area contributed by atoms with Crippen LogP contribution in [-0.4, -0.2) is 84.3 Å². The predicted molar refractivity (Wildman–Crippen MR) is 177 cm³/mol. The van der Waals surface area contributed by atoms with Crippen molar-refractivity contribution in [2.75, 3.05) is 30.3 Å². The number of imidazole rings is 1. The summed E-state index contributed by atoms with van der Waals surface area (Å²) in [4.78, 5) is 37.2. The zero-order valence-corrected chi connectivity index (χ0v) is 27.2. The molecular weight excluding hydrogens is 655 g/mol. The molecule has 3 aromatic heterocycles. The molecule has 2 aromatic carbocycles. The molecule has 4 atom stereocenters. The Hall–Kier alpha value is -5.51. The molecule has 1 amide bonds. The summed E-state index contributed by atoms with van der Waals surface area (Å²) < 4.78 is 48.3. The molecular formula is C34H36F3N9O4. The number of nitrogens with one attached hydrogen (secondary N) is 3. The van der Waals surface area contributed by atoms with Crippen LogP contribution in [0.2, 0.25) is 0 Å². The molecule has 0 bridgehead atoms. The van der Waals surface area contributed by atoms with Gasteiger partial charge in [0.25, 0.3) is 0 Å². The number of aliphatic hydroxyl groups is 1. The Balaban J connectivity index is 1.40. The Kier molecular flexibility index (Phi) is 9.99. The first-order chi connectivity index (χ1) is 24.0. The Morgan fingerprint density at radius 1 is 0.980 bits per heavy atom. The topological polar surface area (TPSA) is 161 Å². The number of hydrogen-bond acceptors (Lipinski definition) is 10. The van der Waals surface area contributed by atoms with Crippen LogP contribution >= 0.6 is 0 Å². The predicted octanol–water partition coefficient (Wildman–Crippen LogP) is 4.14. The molecule has 0 aliphatic heterocycles. The fraction of sp³-hybridized carbons (Fsp3) is 0.353. The number of anilines is 2. The van der Waals surface area contributed by atoms with Gasteiger partial charge in [0, 0.05) is 38.7 Å². The number of carbonyl (C=O) groups is 2. The molecule has 5 aromatic rings. The van der Waals surface area contributed by atoms with Crippen molar-refractivity contribution in [2.24, 2.45) is 0 Å². The zero-order chi connectivity index (χ0) is 35.4. The van der Waals surface area contributed by atoms with Crippen molar-refractivity contribution in [3.63, 3.8) is 0 Å². The van der Waals surface area contributed by atoms with Gasteiger partial charge in [-0.2, -0.15) is 23.3 Å². The Labute approximate surface area is 284 Å². The number of amides is 1. The number of halogens is 3. The van der Waals surface area contributed by atoms with Crippen LogP contribution in [-0.2, 0) is 14.3 Å². The molecule has 13 nitrogen and oxygen atoms in total. The van der Waals surface area contributed by atoms with Crippen LogP contribution in [0.3, 0.4) is 0 Å². The molecule has 3 heterocycles. The molecule has 0 unspecified atom stereocenters. The van der Waals surface area contributed by atoms with E-state index in [-0.39, 0.29) is 35.8 Å². The highest BCUT2D eigenvalue weighted by molar-refractivity contribution is 5.77. The number of aryl methyl sites for hydroxylation is 1. The van der Waals surface area contributed by atoms with Gasteiger partial charge < -0.3 is 25.8 Å². The number of aromatic nitrogens is 6. The largest absolute Gasteiger partial charge is 0.490 e. The summed E-state index contributed by atoms with van der Waals surface area (Å²) in [6, 6.07) is 17.8. The molecule has 1 saturated carbocycles. The number of rotatable bonds is 12. The van der Waals surface area contributed by atoms with Gasteiger partial charge >= 0.3 is 12.1 Å². The molecule has 50 heavy (non-hydrogen) atoms. The van der Waals surface area contributed by atoms with E-state index in [1.807, 2.05) is 60.7 Å². The summed E-state index contributed by atoms with van der Waals surface area (Å²) in [6.07, 6.45) is -3.83. The number of esters is 1. The van der Waals surface area contributed by atoms with Crippen LogP contribution in [0.15, 0.2) is 79.3 Å². The zero-order valence-electron chi connectivity index (χ0n) is 27.2. The molecule has 6 rings (SSSR count). The average Bonchev–Trinajstić information content (AvgIpc) is 3.78. The highest BCUT2D eigenvalue weighted by atomic mass is 19.4. The maximum Gasteiger partial charge on any atom is 0.490 e. The summed E-state index contributed by atoms with van der Waals surface area (Å²) in [6.45, 7) is 4.13. The van der Waals surface area contributed by atoms with E-state index in [0.29, 0.717) is 25.2 Å². The van der Waals surface area contributed by atoms with E-state index in [2.05, 4.69) is 31.0 Å². The second kappa shape index (κ2) is 14.5. The molecule has 0 spiro atoms. The van der Waals surface area contributed by atoms with E-state index >= 15 is 0 Å². The van der Waals surface area contributed by atoms with Gasteiger partial charge in [-0.05, 0) is 30.0 Å². The minimum Gasteiger partial charge on any atom is -0.451 e. The van der Waals surface area contributed by atoms with Crippen LogP contribution in [0.5, 0.6) is 0 Å². The molecule has 1 aliphatic carbocycles. The number of benzene rings is 2. The Morgan fingerprint density at radius 3 is 2.26 bits per heavy atom. The maximum absolute atomic E-state index is 13.4. The Bertz CT molecular complexity index is 1900. The first kappa shape index (κ1) is 34.4. The standard InChI is InChI=1S/C34H36F3N9O4/c1-20-16-42-45(19-20)27-15-26(28(48)29(27)50-31(49)34(35,36)37)46-30-25(18-40-32(44-30)39-14-13-38-21(2)47)43-33(46)41-17-24(22-9-5-3-6-10-22)23-11-7-4-8-12-23/h3-12,16,18-19,24,26-29,48H,13-15,17H2,1-2H3,(H,38,47)(H,41,43)(H,39,40,44)/t26-,27+,28+,29-/m1/s1. The van der Waals surface area contributed by atoms with Gasteiger partial charge in [0.2, 0.25) is 17.8 Å². The van der Waals surface area contributed by atoms with Gasteiger partial charge in [0.15, 0.2) is 11.8 Å². The van der Waals surface area contributed by atoms with E-state index in [4.69, 9.17) is 9.72 Å². The van der Waals surface area contributed by atoms with E-state index < -0.39 is 36.4 Å². The molecule has 1 aliphatic rings.